The van der Waals surface area contributed by atoms with Gasteiger partial charge < -0.3 is 15.0 Å². The van der Waals surface area contributed by atoms with Gasteiger partial charge in [0.25, 0.3) is 0 Å². The van der Waals surface area contributed by atoms with Crippen LogP contribution in [0.2, 0.25) is 0 Å². The van der Waals surface area contributed by atoms with Crippen LogP contribution in [0.3, 0.4) is 0 Å². The first-order chi connectivity index (χ1) is 9.36. The predicted molar refractivity (Wildman–Crippen MR) is 69.7 cm³/mol. The Balaban J connectivity index is 2.06. The van der Waals surface area contributed by atoms with Crippen molar-refractivity contribution in [3.05, 3.63) is 23.5 Å². The number of halogens is 3. The van der Waals surface area contributed by atoms with Crippen molar-refractivity contribution in [1.82, 2.24) is 9.88 Å². The highest BCUT2D eigenvalue weighted by atomic mass is 19.4. The van der Waals surface area contributed by atoms with Crippen LogP contribution in [0.4, 0.5) is 18.9 Å². The molecule has 1 atom stereocenters. The lowest BCUT2D eigenvalue weighted by atomic mass is 10.2. The number of nitrogens with zero attached hydrogens (tertiary/aromatic N) is 2. The van der Waals surface area contributed by atoms with Crippen molar-refractivity contribution in [2.75, 3.05) is 38.6 Å². The largest absolute Gasteiger partial charge is 0.419 e. The van der Waals surface area contributed by atoms with Gasteiger partial charge in [-0.3, -0.25) is 4.98 Å². The van der Waals surface area contributed by atoms with E-state index in [1.54, 1.807) is 6.92 Å². The summed E-state index contributed by atoms with van der Waals surface area (Å²) in [6.07, 6.45) is -3.65. The van der Waals surface area contributed by atoms with Crippen LogP contribution in [-0.4, -0.2) is 49.3 Å². The third-order valence-corrected chi connectivity index (χ3v) is 3.21. The van der Waals surface area contributed by atoms with Crippen molar-refractivity contribution in [3.8, 4) is 0 Å². The van der Waals surface area contributed by atoms with Gasteiger partial charge in [-0.25, -0.2) is 0 Å². The van der Waals surface area contributed by atoms with Gasteiger partial charge in [-0.1, -0.05) is 0 Å². The molecule has 0 aliphatic carbocycles. The topological polar surface area (TPSA) is 37.4 Å². The highest BCUT2D eigenvalue weighted by Gasteiger charge is 2.34. The minimum atomic E-state index is -4.41. The average molecular weight is 289 g/mol. The van der Waals surface area contributed by atoms with E-state index in [0.29, 0.717) is 25.4 Å². The Hall–Kier alpha value is -1.34. The summed E-state index contributed by atoms with van der Waals surface area (Å²) in [6.45, 7) is 4.16. The molecule has 0 aromatic carbocycles. The Kier molecular flexibility index (Phi) is 4.49. The maximum Gasteiger partial charge on any atom is 0.419 e. The molecule has 20 heavy (non-hydrogen) atoms. The molecule has 1 aromatic rings. The molecule has 1 fully saturated rings. The molecule has 4 nitrogen and oxygen atoms in total. The first-order valence-corrected chi connectivity index (χ1v) is 6.44. The zero-order chi connectivity index (χ0) is 14.8. The zero-order valence-corrected chi connectivity index (χ0v) is 11.5. The van der Waals surface area contributed by atoms with E-state index in [0.717, 1.165) is 12.7 Å². The van der Waals surface area contributed by atoms with Crippen LogP contribution < -0.4 is 5.32 Å². The van der Waals surface area contributed by atoms with Gasteiger partial charge in [0.1, 0.15) is 0 Å². The Labute approximate surface area is 115 Å². The molecule has 1 saturated heterocycles. The van der Waals surface area contributed by atoms with Crippen LogP contribution in [0.15, 0.2) is 12.3 Å². The summed E-state index contributed by atoms with van der Waals surface area (Å²) in [5.74, 6) is 0. The third kappa shape index (κ3) is 3.83. The van der Waals surface area contributed by atoms with Gasteiger partial charge in [0.2, 0.25) is 0 Å². The lowest BCUT2D eigenvalue weighted by Crippen LogP contribution is -2.43. The molecule has 2 rings (SSSR count). The van der Waals surface area contributed by atoms with Crippen LogP contribution >= 0.6 is 0 Å². The molecule has 1 aromatic heterocycles. The first-order valence-electron chi connectivity index (χ1n) is 6.44. The van der Waals surface area contributed by atoms with Crippen molar-refractivity contribution < 1.29 is 17.9 Å². The van der Waals surface area contributed by atoms with Crippen LogP contribution in [0.1, 0.15) is 11.3 Å². The molecule has 7 heteroatoms. The molecule has 1 aliphatic rings. The van der Waals surface area contributed by atoms with Gasteiger partial charge >= 0.3 is 6.18 Å². The summed E-state index contributed by atoms with van der Waals surface area (Å²) in [5.41, 5.74) is -0.142. The van der Waals surface area contributed by atoms with Gasteiger partial charge in [0.15, 0.2) is 0 Å². The van der Waals surface area contributed by atoms with Crippen LogP contribution in [0.25, 0.3) is 0 Å². The number of morpholine rings is 1. The summed E-state index contributed by atoms with van der Waals surface area (Å²) in [5, 5.41) is 2.84. The van der Waals surface area contributed by atoms with Crippen molar-refractivity contribution in [3.63, 3.8) is 0 Å². The second-order valence-electron chi connectivity index (χ2n) is 5.00. The minimum absolute atomic E-state index is 0.0572. The van der Waals surface area contributed by atoms with Crippen molar-refractivity contribution in [1.29, 1.82) is 0 Å². The van der Waals surface area contributed by atoms with E-state index in [9.17, 15) is 13.2 Å². The van der Waals surface area contributed by atoms with Gasteiger partial charge in [0.05, 0.1) is 18.3 Å². The molecule has 2 heterocycles. The summed E-state index contributed by atoms with van der Waals surface area (Å²) >= 11 is 0. The van der Waals surface area contributed by atoms with E-state index in [2.05, 4.69) is 15.2 Å². The fourth-order valence-electron chi connectivity index (χ4n) is 2.15. The zero-order valence-electron chi connectivity index (χ0n) is 11.5. The molecule has 1 N–H and O–H groups in total. The summed E-state index contributed by atoms with van der Waals surface area (Å²) in [4.78, 5) is 5.81. The monoisotopic (exact) mass is 289 g/mol. The van der Waals surface area contributed by atoms with Gasteiger partial charge in [0, 0.05) is 37.2 Å². The number of pyridine rings is 1. The van der Waals surface area contributed by atoms with Crippen LogP contribution in [0, 0.1) is 6.92 Å². The second kappa shape index (κ2) is 5.97. The maximum atomic E-state index is 12.9. The van der Waals surface area contributed by atoms with E-state index in [4.69, 9.17) is 4.74 Å². The fourth-order valence-corrected chi connectivity index (χ4v) is 2.15. The number of likely N-dealkylation sites (N-methyl/N-ethyl adjacent to an activating group) is 1. The summed E-state index contributed by atoms with van der Waals surface area (Å²) < 4.78 is 44.2. The molecule has 0 radical (unpaired) electrons. The number of nitrogens with one attached hydrogen (secondary N) is 1. The van der Waals surface area contributed by atoms with Crippen molar-refractivity contribution in [2.24, 2.45) is 0 Å². The molecule has 0 spiro atoms. The van der Waals surface area contributed by atoms with Crippen molar-refractivity contribution >= 4 is 5.69 Å². The second-order valence-corrected chi connectivity index (χ2v) is 5.00. The van der Waals surface area contributed by atoms with E-state index < -0.39 is 11.7 Å². The Morgan fingerprint density at radius 1 is 1.50 bits per heavy atom. The van der Waals surface area contributed by atoms with Crippen LogP contribution in [-0.2, 0) is 10.9 Å². The minimum Gasteiger partial charge on any atom is -0.382 e. The van der Waals surface area contributed by atoms with Crippen molar-refractivity contribution in [2.45, 2.75) is 19.2 Å². The average Bonchev–Trinajstić information content (AvgIpc) is 2.35. The van der Waals surface area contributed by atoms with E-state index in [-0.39, 0.29) is 11.8 Å². The van der Waals surface area contributed by atoms with Gasteiger partial charge in [-0.15, -0.1) is 0 Å². The number of anilines is 1. The van der Waals surface area contributed by atoms with Gasteiger partial charge in [-0.2, -0.15) is 13.2 Å². The number of aryl methyl sites for hydroxylation is 1. The molecule has 112 valence electrons. The quantitative estimate of drug-likeness (QED) is 0.925. The number of alkyl halides is 3. The molecular weight excluding hydrogens is 271 g/mol. The van der Waals surface area contributed by atoms with E-state index >= 15 is 0 Å². The number of hydrogen-bond acceptors (Lipinski definition) is 4. The summed E-state index contributed by atoms with van der Waals surface area (Å²) in [7, 11) is 1.97. The fraction of sp³-hybridized carbons (Fsp3) is 0.615. The Morgan fingerprint density at radius 3 is 2.90 bits per heavy atom. The Morgan fingerprint density at radius 2 is 2.25 bits per heavy atom. The third-order valence-electron chi connectivity index (χ3n) is 3.21. The number of aromatic nitrogens is 1. The highest BCUT2D eigenvalue weighted by Crippen LogP contribution is 2.34. The molecular formula is C13H18F3N3O. The van der Waals surface area contributed by atoms with E-state index in [1.165, 1.54) is 6.07 Å². The number of ether oxygens (including phenoxy) is 1. The molecule has 0 bridgehead atoms. The molecule has 0 amide bonds. The van der Waals surface area contributed by atoms with E-state index in [1.807, 2.05) is 7.05 Å². The normalized spacial score (nSPS) is 20.9. The highest BCUT2D eigenvalue weighted by molar-refractivity contribution is 5.52. The molecule has 0 saturated carbocycles. The maximum absolute atomic E-state index is 12.9. The standard InChI is InChI=1S/C13H18F3N3O/c1-9-5-12(11(7-17-9)13(14,15)16)18-6-10-8-19(2)3-4-20-10/h5,7,10H,3-4,6,8H2,1-2H3,(H,17,18)/t10-/m0/s1. The first kappa shape index (κ1) is 15.1. The molecule has 0 unspecified atom stereocenters. The SMILES string of the molecule is Cc1cc(NC[C@H]2CN(C)CCO2)c(C(F)(F)F)cn1. The Bertz CT molecular complexity index is 465. The molecule has 1 aliphatic heterocycles. The lowest BCUT2D eigenvalue weighted by molar-refractivity contribution is -0.137. The smallest absolute Gasteiger partial charge is 0.382 e. The predicted octanol–water partition coefficient (Wildman–Crippen LogP) is 2.15. The number of hydrogen-bond donors (Lipinski definition) is 1. The van der Waals surface area contributed by atoms with Crippen LogP contribution in [0.5, 0.6) is 0 Å². The van der Waals surface area contributed by atoms with Gasteiger partial charge in [-0.05, 0) is 20.0 Å². The number of rotatable bonds is 3. The lowest BCUT2D eigenvalue weighted by Gasteiger charge is -2.30. The summed E-state index contributed by atoms with van der Waals surface area (Å²) in [6, 6.07) is 1.41.